The molecule has 10 heteroatoms. The number of hydrogen-bond acceptors (Lipinski definition) is 10. The molecule has 2 aliphatic carbocycles. The largest absolute Gasteiger partial charge is 0.461 e. The van der Waals surface area contributed by atoms with E-state index in [-0.39, 0.29) is 18.6 Å². The minimum Gasteiger partial charge on any atom is -0.461 e. The first-order chi connectivity index (χ1) is 17.3. The van der Waals surface area contributed by atoms with Crippen molar-refractivity contribution in [3.63, 3.8) is 0 Å². The highest BCUT2D eigenvalue weighted by Gasteiger charge is 2.78. The summed E-state index contributed by atoms with van der Waals surface area (Å²) in [5, 5.41) is 12.1. The SMILES string of the molecule is C=C1C[C@H]2[C@@](C)([C@@H]3C(=O)O[C@@H](C)C(=O)[C@]13C)[C@@H](OC(C)=O)[C@@H](O)[C@H]1C(C)(C)OC(=O)C[C@@H](OC(C)=O)[C@@]21C. The standard InChI is InChI=1S/C28H38O10/c1-12-10-16-27(8)17(36-14(3)29)11-18(31)38-25(5,6)20(27)19(32)23(37-15(4)30)28(16,9)21-24(34)35-13(2)22(33)26(12,21)7/h13,16-17,19-21,23,32H,1,10-11H2,2-9H3/t13-,16+,17+,19-,20-,21+,23-,26+,27+,28-/m0/s1. The highest BCUT2D eigenvalue weighted by molar-refractivity contribution is 6.00. The van der Waals surface area contributed by atoms with Gasteiger partial charge in [-0.2, -0.15) is 0 Å². The van der Waals surface area contributed by atoms with Gasteiger partial charge in [-0.15, -0.1) is 0 Å². The van der Waals surface area contributed by atoms with Gasteiger partial charge >= 0.3 is 23.9 Å². The van der Waals surface area contributed by atoms with E-state index in [9.17, 15) is 29.1 Å². The minimum atomic E-state index is -1.46. The molecule has 4 aliphatic rings. The van der Waals surface area contributed by atoms with E-state index in [4.69, 9.17) is 18.9 Å². The number of aliphatic hydroxyl groups excluding tert-OH is 1. The quantitative estimate of drug-likeness (QED) is 0.318. The third kappa shape index (κ3) is 3.58. The number of aliphatic hydroxyl groups is 1. The number of rotatable bonds is 2. The summed E-state index contributed by atoms with van der Waals surface area (Å²) < 4.78 is 22.9. The fourth-order valence-electron chi connectivity index (χ4n) is 8.71. The Morgan fingerprint density at radius 2 is 1.55 bits per heavy atom. The lowest BCUT2D eigenvalue weighted by atomic mass is 9.36. The van der Waals surface area contributed by atoms with E-state index in [2.05, 4.69) is 6.58 Å². The number of fused-ring (bicyclic) bond motifs is 5. The lowest BCUT2D eigenvalue weighted by Gasteiger charge is -2.69. The lowest BCUT2D eigenvalue weighted by Crippen LogP contribution is -2.76. The van der Waals surface area contributed by atoms with E-state index in [1.165, 1.54) is 20.8 Å². The van der Waals surface area contributed by atoms with Gasteiger partial charge in [0.25, 0.3) is 0 Å². The Balaban J connectivity index is 2.06. The predicted molar refractivity (Wildman–Crippen MR) is 131 cm³/mol. The van der Waals surface area contributed by atoms with Gasteiger partial charge in [0, 0.05) is 30.6 Å². The second-order valence-electron chi connectivity index (χ2n) is 12.5. The Kier molecular flexibility index (Phi) is 6.42. The Morgan fingerprint density at radius 1 is 0.974 bits per heavy atom. The molecule has 10 atom stereocenters. The van der Waals surface area contributed by atoms with Crippen molar-refractivity contribution in [2.75, 3.05) is 0 Å². The van der Waals surface area contributed by atoms with E-state index < -0.39 is 87.9 Å². The number of carbonyl (C=O) groups is 5. The zero-order valence-electron chi connectivity index (χ0n) is 23.3. The summed E-state index contributed by atoms with van der Waals surface area (Å²) in [4.78, 5) is 64.9. The molecule has 4 rings (SSSR count). The first-order valence-corrected chi connectivity index (χ1v) is 13.0. The smallest absolute Gasteiger partial charge is 0.311 e. The van der Waals surface area contributed by atoms with Crippen molar-refractivity contribution >= 4 is 29.7 Å². The number of hydrogen-bond donors (Lipinski definition) is 1. The minimum absolute atomic E-state index is 0.189. The molecule has 10 nitrogen and oxygen atoms in total. The molecular formula is C28H38O10. The Labute approximate surface area is 222 Å². The molecule has 2 saturated heterocycles. The summed E-state index contributed by atoms with van der Waals surface area (Å²) >= 11 is 0. The van der Waals surface area contributed by atoms with Crippen molar-refractivity contribution in [1.82, 2.24) is 0 Å². The van der Waals surface area contributed by atoms with Crippen LogP contribution in [0.15, 0.2) is 12.2 Å². The number of Topliss-reactive ketones (excluding diaryl/α,β-unsaturated/α-hetero) is 1. The first-order valence-electron chi connectivity index (χ1n) is 13.0. The maximum absolute atomic E-state index is 13.7. The second kappa shape index (κ2) is 8.63. The summed E-state index contributed by atoms with van der Waals surface area (Å²) in [5.74, 6) is -5.62. The molecule has 0 amide bonds. The van der Waals surface area contributed by atoms with Crippen molar-refractivity contribution in [2.24, 2.45) is 34.0 Å². The van der Waals surface area contributed by atoms with Crippen molar-refractivity contribution in [2.45, 2.75) is 98.2 Å². The van der Waals surface area contributed by atoms with Crippen LogP contribution in [-0.2, 0) is 42.9 Å². The van der Waals surface area contributed by atoms with Crippen LogP contribution < -0.4 is 0 Å². The van der Waals surface area contributed by atoms with Crippen LogP contribution in [0.3, 0.4) is 0 Å². The molecule has 1 N–H and O–H groups in total. The zero-order chi connectivity index (χ0) is 28.7. The molecule has 2 saturated carbocycles. The molecule has 0 radical (unpaired) electrons. The van der Waals surface area contributed by atoms with Crippen LogP contribution in [0.1, 0.15) is 68.2 Å². The van der Waals surface area contributed by atoms with Crippen LogP contribution >= 0.6 is 0 Å². The number of ether oxygens (including phenoxy) is 4. The van der Waals surface area contributed by atoms with Crippen LogP contribution in [-0.4, -0.2) is 64.8 Å². The highest BCUT2D eigenvalue weighted by atomic mass is 16.6. The maximum atomic E-state index is 13.7. The van der Waals surface area contributed by atoms with Gasteiger partial charge in [0.1, 0.15) is 17.8 Å². The molecule has 2 heterocycles. The Bertz CT molecular complexity index is 1120. The fraction of sp³-hybridized carbons (Fsp3) is 0.750. The molecule has 2 aliphatic heterocycles. The van der Waals surface area contributed by atoms with E-state index in [1.54, 1.807) is 34.6 Å². The topological polar surface area (TPSA) is 143 Å². The monoisotopic (exact) mass is 534 g/mol. The molecule has 0 spiro atoms. The van der Waals surface area contributed by atoms with Gasteiger partial charge in [-0.05, 0) is 40.0 Å². The average molecular weight is 535 g/mol. The third-order valence-electron chi connectivity index (χ3n) is 10.0. The molecule has 0 bridgehead atoms. The van der Waals surface area contributed by atoms with Gasteiger partial charge in [-0.1, -0.05) is 26.0 Å². The van der Waals surface area contributed by atoms with Crippen LogP contribution in [0.4, 0.5) is 0 Å². The Morgan fingerprint density at radius 3 is 2.11 bits per heavy atom. The lowest BCUT2D eigenvalue weighted by molar-refractivity contribution is -0.289. The van der Waals surface area contributed by atoms with Crippen molar-refractivity contribution in [1.29, 1.82) is 0 Å². The summed E-state index contributed by atoms with van der Waals surface area (Å²) in [6, 6.07) is 0. The van der Waals surface area contributed by atoms with Crippen molar-refractivity contribution < 1.29 is 48.0 Å². The number of ketones is 1. The van der Waals surface area contributed by atoms with Gasteiger partial charge < -0.3 is 24.1 Å². The maximum Gasteiger partial charge on any atom is 0.311 e. The van der Waals surface area contributed by atoms with E-state index >= 15 is 0 Å². The van der Waals surface area contributed by atoms with Crippen LogP contribution in [0.25, 0.3) is 0 Å². The number of carbonyl (C=O) groups excluding carboxylic acids is 5. The Hall–Kier alpha value is -2.75. The normalized spacial score (nSPS) is 45.9. The first kappa shape index (κ1) is 28.3. The van der Waals surface area contributed by atoms with Crippen LogP contribution in [0.2, 0.25) is 0 Å². The average Bonchev–Trinajstić information content (AvgIpc) is 2.82. The third-order valence-corrected chi connectivity index (χ3v) is 10.0. The molecule has 0 unspecified atom stereocenters. The fourth-order valence-corrected chi connectivity index (χ4v) is 8.71. The molecule has 0 aromatic rings. The number of esters is 4. The van der Waals surface area contributed by atoms with Gasteiger partial charge in [-0.25, -0.2) is 0 Å². The molecule has 0 aromatic carbocycles. The summed E-state index contributed by atoms with van der Waals surface area (Å²) in [5.41, 5.74) is -4.69. The second-order valence-corrected chi connectivity index (χ2v) is 12.5. The molecular weight excluding hydrogens is 496 g/mol. The summed E-state index contributed by atoms with van der Waals surface area (Å²) in [6.45, 7) is 16.7. The summed E-state index contributed by atoms with van der Waals surface area (Å²) in [7, 11) is 0. The zero-order valence-corrected chi connectivity index (χ0v) is 23.3. The molecule has 0 aromatic heterocycles. The van der Waals surface area contributed by atoms with Gasteiger partial charge in [0.05, 0.1) is 23.9 Å². The molecule has 38 heavy (non-hydrogen) atoms. The van der Waals surface area contributed by atoms with Crippen molar-refractivity contribution in [3.05, 3.63) is 12.2 Å². The van der Waals surface area contributed by atoms with Gasteiger partial charge in [0.2, 0.25) is 0 Å². The van der Waals surface area contributed by atoms with E-state index in [0.717, 1.165) is 0 Å². The van der Waals surface area contributed by atoms with Crippen LogP contribution in [0, 0.1) is 34.0 Å². The van der Waals surface area contributed by atoms with Crippen LogP contribution in [0.5, 0.6) is 0 Å². The summed E-state index contributed by atoms with van der Waals surface area (Å²) in [6.07, 6.45) is -4.86. The van der Waals surface area contributed by atoms with E-state index in [0.29, 0.717) is 5.57 Å². The molecule has 4 fully saturated rings. The predicted octanol–water partition coefficient (Wildman–Crippen LogP) is 2.29. The molecule has 210 valence electrons. The highest BCUT2D eigenvalue weighted by Crippen LogP contribution is 2.71. The van der Waals surface area contributed by atoms with Crippen molar-refractivity contribution in [3.8, 4) is 0 Å². The number of allylic oxidation sites excluding steroid dienone is 1. The van der Waals surface area contributed by atoms with E-state index in [1.807, 2.05) is 0 Å². The van der Waals surface area contributed by atoms with Gasteiger partial charge in [-0.3, -0.25) is 24.0 Å². The van der Waals surface area contributed by atoms with Gasteiger partial charge in [0.15, 0.2) is 11.9 Å². The number of cyclic esters (lactones) is 2.